The van der Waals surface area contributed by atoms with E-state index in [1.54, 1.807) is 12.2 Å². The molecule has 0 aliphatic heterocycles. The predicted molar refractivity (Wildman–Crippen MR) is 67.5 cm³/mol. The molecular weight excluding hydrogens is 216 g/mol. The van der Waals surface area contributed by atoms with E-state index in [-0.39, 0.29) is 6.10 Å². The summed E-state index contributed by atoms with van der Waals surface area (Å²) in [4.78, 5) is 11.4. The molecule has 0 bridgehead atoms. The van der Waals surface area contributed by atoms with Crippen LogP contribution in [0.4, 0.5) is 4.79 Å². The number of rotatable bonds is 5. The summed E-state index contributed by atoms with van der Waals surface area (Å²) < 4.78 is 5.20. The molecule has 1 amide bonds. The lowest BCUT2D eigenvalue weighted by molar-refractivity contribution is 0.108. The Hall–Kier alpha value is -1.81. The summed E-state index contributed by atoms with van der Waals surface area (Å²) in [6, 6.07) is 9.60. The zero-order chi connectivity index (χ0) is 12.5. The maximum absolute atomic E-state index is 11.4. The number of hydrogen-bond acceptors (Lipinski definition) is 3. The minimum atomic E-state index is -0.428. The summed E-state index contributed by atoms with van der Waals surface area (Å²) in [5.41, 5.74) is 6.24. The Morgan fingerprint density at radius 2 is 2.12 bits per heavy atom. The lowest BCUT2D eigenvalue weighted by atomic mass is 10.1. The topological polar surface area (TPSA) is 64.3 Å². The van der Waals surface area contributed by atoms with Crippen LogP contribution < -0.4 is 11.1 Å². The van der Waals surface area contributed by atoms with Gasteiger partial charge in [0.25, 0.3) is 0 Å². The maximum atomic E-state index is 11.4. The molecule has 92 valence electrons. The first-order valence-corrected chi connectivity index (χ1v) is 5.58. The SMILES string of the molecule is C[C@H](OC(=O)NC/C=C/CN)c1ccccc1. The van der Waals surface area contributed by atoms with Gasteiger partial charge in [-0.25, -0.2) is 4.79 Å². The predicted octanol–water partition coefficient (Wildman–Crippen LogP) is 1.99. The van der Waals surface area contributed by atoms with Crippen molar-refractivity contribution in [1.29, 1.82) is 0 Å². The minimum absolute atomic E-state index is 0.255. The molecule has 4 nitrogen and oxygen atoms in total. The summed E-state index contributed by atoms with van der Waals surface area (Å²) >= 11 is 0. The van der Waals surface area contributed by atoms with Gasteiger partial charge >= 0.3 is 6.09 Å². The van der Waals surface area contributed by atoms with Crippen molar-refractivity contribution in [3.05, 3.63) is 48.0 Å². The normalized spacial score (nSPS) is 12.4. The Balaban J connectivity index is 2.34. The average molecular weight is 234 g/mol. The van der Waals surface area contributed by atoms with Gasteiger partial charge in [-0.15, -0.1) is 0 Å². The number of benzene rings is 1. The lowest BCUT2D eigenvalue weighted by Crippen LogP contribution is -2.25. The van der Waals surface area contributed by atoms with Crippen molar-refractivity contribution in [2.24, 2.45) is 5.73 Å². The average Bonchev–Trinajstić information content (AvgIpc) is 2.36. The summed E-state index contributed by atoms with van der Waals surface area (Å²) in [5.74, 6) is 0. The van der Waals surface area contributed by atoms with Crippen molar-refractivity contribution in [3.8, 4) is 0 Å². The highest BCUT2D eigenvalue weighted by molar-refractivity contribution is 5.67. The van der Waals surface area contributed by atoms with Crippen LogP contribution in [-0.4, -0.2) is 19.2 Å². The number of hydrogen-bond donors (Lipinski definition) is 2. The first-order valence-electron chi connectivity index (χ1n) is 5.58. The highest BCUT2D eigenvalue weighted by Gasteiger charge is 2.09. The van der Waals surface area contributed by atoms with E-state index in [0.29, 0.717) is 13.1 Å². The van der Waals surface area contributed by atoms with E-state index in [2.05, 4.69) is 5.32 Å². The zero-order valence-corrected chi connectivity index (χ0v) is 9.93. The Morgan fingerprint density at radius 1 is 1.41 bits per heavy atom. The van der Waals surface area contributed by atoms with Gasteiger partial charge in [0.2, 0.25) is 0 Å². The second kappa shape index (κ2) is 7.46. The monoisotopic (exact) mass is 234 g/mol. The van der Waals surface area contributed by atoms with Crippen molar-refractivity contribution >= 4 is 6.09 Å². The fraction of sp³-hybridized carbons (Fsp3) is 0.308. The summed E-state index contributed by atoms with van der Waals surface area (Å²) in [7, 11) is 0. The molecule has 3 N–H and O–H groups in total. The van der Waals surface area contributed by atoms with Crippen LogP contribution in [0.3, 0.4) is 0 Å². The third-order valence-corrected chi connectivity index (χ3v) is 2.22. The zero-order valence-electron chi connectivity index (χ0n) is 9.93. The molecule has 17 heavy (non-hydrogen) atoms. The van der Waals surface area contributed by atoms with Crippen LogP contribution in [-0.2, 0) is 4.74 Å². The highest BCUT2D eigenvalue weighted by Crippen LogP contribution is 2.15. The standard InChI is InChI=1S/C13H18N2O2/c1-11(12-7-3-2-4-8-12)17-13(16)15-10-6-5-9-14/h2-8,11H,9-10,14H2,1H3,(H,15,16)/b6-5+/t11-/m0/s1. The number of amides is 1. The number of nitrogens with two attached hydrogens (primary N) is 1. The third-order valence-electron chi connectivity index (χ3n) is 2.22. The molecule has 0 saturated heterocycles. The van der Waals surface area contributed by atoms with Gasteiger partial charge < -0.3 is 15.8 Å². The van der Waals surface area contributed by atoms with Crippen molar-refractivity contribution < 1.29 is 9.53 Å². The second-order valence-electron chi connectivity index (χ2n) is 3.55. The van der Waals surface area contributed by atoms with Crippen molar-refractivity contribution in [3.63, 3.8) is 0 Å². The number of ether oxygens (including phenoxy) is 1. The highest BCUT2D eigenvalue weighted by atomic mass is 16.6. The fourth-order valence-corrected chi connectivity index (χ4v) is 1.32. The molecule has 0 unspecified atom stereocenters. The number of nitrogens with one attached hydrogen (secondary N) is 1. The van der Waals surface area contributed by atoms with E-state index in [1.165, 1.54) is 0 Å². The Labute approximate surface area is 101 Å². The van der Waals surface area contributed by atoms with Gasteiger partial charge in [-0.1, -0.05) is 42.5 Å². The molecule has 0 spiro atoms. The molecule has 1 rings (SSSR count). The summed E-state index contributed by atoms with van der Waals surface area (Å²) in [6.45, 7) is 2.74. The number of carbonyl (C=O) groups excluding carboxylic acids is 1. The van der Waals surface area contributed by atoms with E-state index in [0.717, 1.165) is 5.56 Å². The van der Waals surface area contributed by atoms with E-state index >= 15 is 0 Å². The van der Waals surface area contributed by atoms with E-state index < -0.39 is 6.09 Å². The van der Waals surface area contributed by atoms with Crippen molar-refractivity contribution in [2.45, 2.75) is 13.0 Å². The van der Waals surface area contributed by atoms with Crippen LogP contribution in [0, 0.1) is 0 Å². The van der Waals surface area contributed by atoms with Crippen LogP contribution >= 0.6 is 0 Å². The van der Waals surface area contributed by atoms with Crippen LogP contribution in [0.25, 0.3) is 0 Å². The van der Waals surface area contributed by atoms with Gasteiger partial charge in [-0.2, -0.15) is 0 Å². The van der Waals surface area contributed by atoms with Gasteiger partial charge in [0.15, 0.2) is 0 Å². The van der Waals surface area contributed by atoms with E-state index in [9.17, 15) is 4.79 Å². The van der Waals surface area contributed by atoms with E-state index in [1.807, 2.05) is 37.3 Å². The fourth-order valence-electron chi connectivity index (χ4n) is 1.32. The smallest absolute Gasteiger partial charge is 0.407 e. The molecule has 1 aromatic rings. The number of alkyl carbamates (subject to hydrolysis) is 1. The van der Waals surface area contributed by atoms with Crippen LogP contribution in [0.1, 0.15) is 18.6 Å². The first-order chi connectivity index (χ1) is 8.24. The van der Waals surface area contributed by atoms with Gasteiger partial charge in [-0.05, 0) is 12.5 Å². The molecule has 0 saturated carbocycles. The largest absolute Gasteiger partial charge is 0.442 e. The summed E-state index contributed by atoms with van der Waals surface area (Å²) in [6.07, 6.45) is 2.88. The maximum Gasteiger partial charge on any atom is 0.407 e. The first kappa shape index (κ1) is 13.3. The molecule has 0 heterocycles. The third kappa shape index (κ3) is 5.17. The van der Waals surface area contributed by atoms with Crippen LogP contribution in [0.5, 0.6) is 0 Å². The molecular formula is C13H18N2O2. The van der Waals surface area contributed by atoms with Crippen LogP contribution in [0.2, 0.25) is 0 Å². The molecule has 4 heteroatoms. The molecule has 1 atom stereocenters. The Kier molecular flexibility index (Phi) is 5.82. The minimum Gasteiger partial charge on any atom is -0.442 e. The van der Waals surface area contributed by atoms with Gasteiger partial charge in [0.05, 0.1) is 0 Å². The molecule has 0 fully saturated rings. The summed E-state index contributed by atoms with van der Waals surface area (Å²) in [5, 5.41) is 2.61. The van der Waals surface area contributed by atoms with Crippen molar-refractivity contribution in [1.82, 2.24) is 5.32 Å². The second-order valence-corrected chi connectivity index (χ2v) is 3.55. The molecule has 0 radical (unpaired) electrons. The Morgan fingerprint density at radius 3 is 2.76 bits per heavy atom. The lowest BCUT2D eigenvalue weighted by Gasteiger charge is -2.13. The van der Waals surface area contributed by atoms with Crippen LogP contribution in [0.15, 0.2) is 42.5 Å². The van der Waals surface area contributed by atoms with Gasteiger partial charge in [0.1, 0.15) is 6.10 Å². The van der Waals surface area contributed by atoms with Gasteiger partial charge in [-0.3, -0.25) is 0 Å². The number of carbonyl (C=O) groups is 1. The van der Waals surface area contributed by atoms with E-state index in [4.69, 9.17) is 10.5 Å². The molecule has 0 aliphatic carbocycles. The molecule has 1 aromatic carbocycles. The Bertz CT molecular complexity index is 363. The molecule has 0 aromatic heterocycles. The van der Waals surface area contributed by atoms with Gasteiger partial charge in [0, 0.05) is 13.1 Å². The van der Waals surface area contributed by atoms with Crippen molar-refractivity contribution in [2.75, 3.05) is 13.1 Å². The quantitative estimate of drug-likeness (QED) is 0.766. The molecule has 0 aliphatic rings.